The fourth-order valence-electron chi connectivity index (χ4n) is 1.25. The van der Waals surface area contributed by atoms with E-state index < -0.39 is 23.8 Å². The summed E-state index contributed by atoms with van der Waals surface area (Å²) >= 11 is 0. The van der Waals surface area contributed by atoms with Crippen molar-refractivity contribution in [3.8, 4) is 0 Å². The fraction of sp³-hybridized carbons (Fsp3) is 0.700. The Bertz CT molecular complexity index is 248. The van der Waals surface area contributed by atoms with Crippen molar-refractivity contribution in [3.63, 3.8) is 0 Å². The minimum absolute atomic E-state index is 0.0127. The highest BCUT2D eigenvalue weighted by Gasteiger charge is 2.43. The van der Waals surface area contributed by atoms with E-state index in [0.29, 0.717) is 6.29 Å². The summed E-state index contributed by atoms with van der Waals surface area (Å²) in [6, 6.07) is 0. The summed E-state index contributed by atoms with van der Waals surface area (Å²) < 4.78 is 4.72. The van der Waals surface area contributed by atoms with Crippen molar-refractivity contribution in [1.29, 1.82) is 0 Å². The third-order valence-corrected chi connectivity index (χ3v) is 2.30. The standard InChI is InChI=1S/C10H16O5/c1-3-15-9(14)10(7-12,8(2)13)5-4-6-11/h6,12H,3-5,7H2,1-2H3. The van der Waals surface area contributed by atoms with Gasteiger partial charge >= 0.3 is 5.97 Å². The molecule has 0 saturated heterocycles. The number of aliphatic hydroxyl groups is 1. The summed E-state index contributed by atoms with van der Waals surface area (Å²) in [7, 11) is 0. The summed E-state index contributed by atoms with van der Waals surface area (Å²) in [6.45, 7) is 2.32. The zero-order valence-corrected chi connectivity index (χ0v) is 8.99. The van der Waals surface area contributed by atoms with Gasteiger partial charge in [-0.05, 0) is 20.3 Å². The minimum Gasteiger partial charge on any atom is -0.465 e. The summed E-state index contributed by atoms with van der Waals surface area (Å²) in [5, 5.41) is 9.13. The number of aldehydes is 1. The number of carbonyl (C=O) groups excluding carboxylic acids is 3. The lowest BCUT2D eigenvalue weighted by Gasteiger charge is -2.25. The van der Waals surface area contributed by atoms with Crippen molar-refractivity contribution in [2.45, 2.75) is 26.7 Å². The van der Waals surface area contributed by atoms with Crippen LogP contribution in [0.3, 0.4) is 0 Å². The number of aliphatic hydroxyl groups excluding tert-OH is 1. The molecule has 1 unspecified atom stereocenters. The molecule has 1 atom stereocenters. The molecule has 0 radical (unpaired) electrons. The Labute approximate surface area is 88.4 Å². The molecule has 0 heterocycles. The van der Waals surface area contributed by atoms with Crippen LogP contribution in [0.1, 0.15) is 26.7 Å². The number of hydrogen-bond acceptors (Lipinski definition) is 5. The lowest BCUT2D eigenvalue weighted by atomic mass is 9.80. The van der Waals surface area contributed by atoms with Crippen LogP contribution in [-0.4, -0.2) is 36.4 Å². The molecule has 0 aromatic carbocycles. The van der Waals surface area contributed by atoms with Crippen molar-refractivity contribution < 1.29 is 24.2 Å². The Balaban J connectivity index is 4.87. The Morgan fingerprint density at radius 2 is 2.07 bits per heavy atom. The molecule has 0 saturated carbocycles. The number of carbonyl (C=O) groups is 3. The third kappa shape index (κ3) is 3.13. The predicted octanol–water partition coefficient (Wildman–Crippen LogP) is 0.0963. The largest absolute Gasteiger partial charge is 0.465 e. The highest BCUT2D eigenvalue weighted by atomic mass is 16.5. The van der Waals surface area contributed by atoms with Gasteiger partial charge in [-0.15, -0.1) is 0 Å². The van der Waals surface area contributed by atoms with Crippen molar-refractivity contribution in [2.24, 2.45) is 5.41 Å². The average molecular weight is 216 g/mol. The first-order valence-electron chi connectivity index (χ1n) is 4.78. The van der Waals surface area contributed by atoms with Crippen molar-refractivity contribution in [2.75, 3.05) is 13.2 Å². The number of ether oxygens (including phenoxy) is 1. The average Bonchev–Trinajstić information content (AvgIpc) is 2.19. The van der Waals surface area contributed by atoms with E-state index in [1.807, 2.05) is 0 Å². The van der Waals surface area contributed by atoms with Crippen LogP contribution in [0.5, 0.6) is 0 Å². The van der Waals surface area contributed by atoms with Gasteiger partial charge in [0.1, 0.15) is 17.5 Å². The molecule has 0 aliphatic carbocycles. The van der Waals surface area contributed by atoms with Gasteiger partial charge in [-0.25, -0.2) is 0 Å². The normalized spacial score (nSPS) is 14.1. The lowest BCUT2D eigenvalue weighted by molar-refractivity contribution is -0.163. The van der Waals surface area contributed by atoms with Gasteiger partial charge in [0.05, 0.1) is 13.2 Å². The van der Waals surface area contributed by atoms with Gasteiger partial charge in [-0.2, -0.15) is 0 Å². The molecule has 5 nitrogen and oxygen atoms in total. The number of esters is 1. The quantitative estimate of drug-likeness (QED) is 0.371. The highest BCUT2D eigenvalue weighted by Crippen LogP contribution is 2.26. The van der Waals surface area contributed by atoms with E-state index in [1.54, 1.807) is 6.92 Å². The Morgan fingerprint density at radius 3 is 2.40 bits per heavy atom. The fourth-order valence-corrected chi connectivity index (χ4v) is 1.25. The van der Waals surface area contributed by atoms with Crippen molar-refractivity contribution in [3.05, 3.63) is 0 Å². The highest BCUT2D eigenvalue weighted by molar-refractivity contribution is 6.03. The Morgan fingerprint density at radius 1 is 1.47 bits per heavy atom. The van der Waals surface area contributed by atoms with Gasteiger partial charge in [-0.1, -0.05) is 0 Å². The van der Waals surface area contributed by atoms with E-state index in [4.69, 9.17) is 9.84 Å². The molecule has 0 amide bonds. The zero-order chi connectivity index (χ0) is 11.9. The first-order valence-corrected chi connectivity index (χ1v) is 4.78. The van der Waals surface area contributed by atoms with Crippen LogP contribution >= 0.6 is 0 Å². The van der Waals surface area contributed by atoms with Gasteiger partial charge in [0.15, 0.2) is 0 Å². The van der Waals surface area contributed by atoms with Gasteiger partial charge < -0.3 is 14.6 Å². The summed E-state index contributed by atoms with van der Waals surface area (Å²) in [5.41, 5.74) is -1.57. The zero-order valence-electron chi connectivity index (χ0n) is 8.99. The van der Waals surface area contributed by atoms with Crippen LogP contribution in [0.25, 0.3) is 0 Å². The van der Waals surface area contributed by atoms with Crippen LogP contribution in [0, 0.1) is 5.41 Å². The molecular formula is C10H16O5. The molecule has 0 aromatic rings. The molecule has 0 aliphatic heterocycles. The van der Waals surface area contributed by atoms with Gasteiger partial charge in [0.2, 0.25) is 0 Å². The lowest BCUT2D eigenvalue weighted by Crippen LogP contribution is -2.42. The predicted molar refractivity (Wildman–Crippen MR) is 52.1 cm³/mol. The Kier molecular flexibility index (Phi) is 5.77. The molecule has 1 N–H and O–H groups in total. The van der Waals surface area contributed by atoms with Crippen LogP contribution in [0.15, 0.2) is 0 Å². The van der Waals surface area contributed by atoms with Gasteiger partial charge in [-0.3, -0.25) is 9.59 Å². The maximum absolute atomic E-state index is 11.5. The second-order valence-electron chi connectivity index (χ2n) is 3.22. The summed E-state index contributed by atoms with van der Waals surface area (Å²) in [5.74, 6) is -1.24. The Hall–Kier alpha value is -1.23. The molecule has 0 fully saturated rings. The monoisotopic (exact) mass is 216 g/mol. The van der Waals surface area contributed by atoms with E-state index in [9.17, 15) is 14.4 Å². The molecule has 0 spiro atoms. The van der Waals surface area contributed by atoms with Crippen LogP contribution in [-0.2, 0) is 19.1 Å². The van der Waals surface area contributed by atoms with Gasteiger partial charge in [0.25, 0.3) is 0 Å². The number of Topliss-reactive ketones (excluding diaryl/α,β-unsaturated/α-hetero) is 1. The molecule has 0 aliphatic rings. The van der Waals surface area contributed by atoms with Gasteiger partial charge in [0, 0.05) is 6.42 Å². The second kappa shape index (κ2) is 6.29. The molecule has 0 rings (SSSR count). The third-order valence-electron chi connectivity index (χ3n) is 2.30. The van der Waals surface area contributed by atoms with E-state index in [-0.39, 0.29) is 19.4 Å². The van der Waals surface area contributed by atoms with E-state index in [0.717, 1.165) is 0 Å². The number of rotatable bonds is 7. The van der Waals surface area contributed by atoms with Crippen LogP contribution < -0.4 is 0 Å². The first kappa shape index (κ1) is 13.8. The number of ketones is 1. The molecule has 0 aromatic heterocycles. The van der Waals surface area contributed by atoms with Crippen LogP contribution in [0.2, 0.25) is 0 Å². The summed E-state index contributed by atoms with van der Waals surface area (Å²) in [4.78, 5) is 33.1. The minimum atomic E-state index is -1.57. The maximum Gasteiger partial charge on any atom is 0.322 e. The van der Waals surface area contributed by atoms with E-state index >= 15 is 0 Å². The van der Waals surface area contributed by atoms with E-state index in [1.165, 1.54) is 6.92 Å². The molecule has 86 valence electrons. The number of hydrogen-bond donors (Lipinski definition) is 1. The second-order valence-corrected chi connectivity index (χ2v) is 3.22. The molecular weight excluding hydrogens is 200 g/mol. The van der Waals surface area contributed by atoms with E-state index in [2.05, 4.69) is 0 Å². The molecule has 15 heavy (non-hydrogen) atoms. The smallest absolute Gasteiger partial charge is 0.322 e. The molecule has 5 heteroatoms. The summed E-state index contributed by atoms with van der Waals surface area (Å²) in [6.07, 6.45) is 0.632. The van der Waals surface area contributed by atoms with Crippen molar-refractivity contribution in [1.82, 2.24) is 0 Å². The van der Waals surface area contributed by atoms with Crippen molar-refractivity contribution >= 4 is 18.0 Å². The SMILES string of the molecule is CCOC(=O)C(CO)(CCC=O)C(C)=O. The molecule has 0 bridgehead atoms. The topological polar surface area (TPSA) is 80.7 Å². The first-order chi connectivity index (χ1) is 7.05. The van der Waals surface area contributed by atoms with Crippen LogP contribution in [0.4, 0.5) is 0 Å². The maximum atomic E-state index is 11.5.